The molecule has 0 aliphatic heterocycles. The number of hydrogen-bond donors (Lipinski definition) is 1. The third kappa shape index (κ3) is 2.91. The Morgan fingerprint density at radius 2 is 2.17 bits per heavy atom. The van der Waals surface area contributed by atoms with Gasteiger partial charge in [-0.25, -0.2) is 4.98 Å². The number of rotatable bonds is 3. The fourth-order valence-electron chi connectivity index (χ4n) is 1.25. The minimum absolute atomic E-state index is 0.137. The van der Waals surface area contributed by atoms with Gasteiger partial charge >= 0.3 is 0 Å². The molecular formula is C11H7ClN2O3S. The SMILES string of the molecule is O=[N+]([O-])c1cnc(Sc2cccc(O)c2)c(Cl)c1. The number of aromatic hydroxyl groups is 1. The molecule has 0 unspecified atom stereocenters. The van der Waals surface area contributed by atoms with E-state index in [1.54, 1.807) is 24.3 Å². The third-order valence-electron chi connectivity index (χ3n) is 2.04. The number of aromatic nitrogens is 1. The van der Waals surface area contributed by atoms with Gasteiger partial charge in [-0.05, 0) is 18.2 Å². The van der Waals surface area contributed by atoms with E-state index in [0.29, 0.717) is 5.03 Å². The van der Waals surface area contributed by atoms with E-state index in [2.05, 4.69) is 4.98 Å². The van der Waals surface area contributed by atoms with E-state index in [1.165, 1.54) is 17.8 Å². The molecule has 0 aliphatic rings. The van der Waals surface area contributed by atoms with E-state index in [9.17, 15) is 15.2 Å². The van der Waals surface area contributed by atoms with Crippen molar-refractivity contribution in [1.82, 2.24) is 4.98 Å². The smallest absolute Gasteiger partial charge is 0.289 e. The van der Waals surface area contributed by atoms with Gasteiger partial charge in [0.15, 0.2) is 0 Å². The largest absolute Gasteiger partial charge is 0.508 e. The maximum atomic E-state index is 10.5. The highest BCUT2D eigenvalue weighted by Crippen LogP contribution is 2.34. The molecule has 5 nitrogen and oxygen atoms in total. The third-order valence-corrected chi connectivity index (χ3v) is 3.44. The molecule has 2 aromatic rings. The first kappa shape index (κ1) is 12.7. The zero-order chi connectivity index (χ0) is 13.1. The van der Waals surface area contributed by atoms with Crippen LogP contribution in [0, 0.1) is 10.1 Å². The first-order chi connectivity index (χ1) is 8.56. The first-order valence-electron chi connectivity index (χ1n) is 4.83. The molecule has 0 atom stereocenters. The summed E-state index contributed by atoms with van der Waals surface area (Å²) in [5, 5.41) is 20.5. The van der Waals surface area contributed by atoms with Crippen LogP contribution in [0.4, 0.5) is 5.69 Å². The Morgan fingerprint density at radius 1 is 1.39 bits per heavy atom. The van der Waals surface area contributed by atoms with E-state index in [1.807, 2.05) is 0 Å². The Bertz CT molecular complexity index is 607. The van der Waals surface area contributed by atoms with Gasteiger partial charge in [-0.2, -0.15) is 0 Å². The standard InChI is InChI=1S/C11H7ClN2O3S/c12-10-4-7(14(16)17)6-13-11(10)18-9-3-1-2-8(15)5-9/h1-6,15H. The molecule has 1 aromatic carbocycles. The van der Waals surface area contributed by atoms with Crippen LogP contribution >= 0.6 is 23.4 Å². The number of halogens is 1. The predicted octanol–water partition coefficient (Wildman–Crippen LogP) is 3.50. The zero-order valence-corrected chi connectivity index (χ0v) is 10.5. The molecule has 18 heavy (non-hydrogen) atoms. The van der Waals surface area contributed by atoms with Crippen LogP contribution in [0.2, 0.25) is 5.02 Å². The maximum Gasteiger partial charge on any atom is 0.289 e. The number of nitro groups is 1. The van der Waals surface area contributed by atoms with Crippen LogP contribution < -0.4 is 0 Å². The van der Waals surface area contributed by atoms with Gasteiger partial charge < -0.3 is 5.11 Å². The average Bonchev–Trinajstić information content (AvgIpc) is 2.31. The number of hydrogen-bond acceptors (Lipinski definition) is 5. The van der Waals surface area contributed by atoms with Gasteiger partial charge in [-0.15, -0.1) is 0 Å². The lowest BCUT2D eigenvalue weighted by Gasteiger charge is -2.03. The van der Waals surface area contributed by atoms with Gasteiger partial charge in [0, 0.05) is 11.0 Å². The summed E-state index contributed by atoms with van der Waals surface area (Å²) in [6.07, 6.45) is 1.15. The minimum atomic E-state index is -0.554. The number of benzene rings is 1. The van der Waals surface area contributed by atoms with Crippen LogP contribution in [-0.2, 0) is 0 Å². The number of pyridine rings is 1. The van der Waals surface area contributed by atoms with E-state index >= 15 is 0 Å². The number of nitrogens with zero attached hydrogens (tertiary/aromatic N) is 2. The molecule has 0 saturated heterocycles. The van der Waals surface area contributed by atoms with E-state index in [-0.39, 0.29) is 16.5 Å². The number of phenolic OH excluding ortho intramolecular Hbond substituents is 1. The van der Waals surface area contributed by atoms with Crippen LogP contribution in [0.15, 0.2) is 46.5 Å². The minimum Gasteiger partial charge on any atom is -0.508 e. The van der Waals surface area contributed by atoms with Crippen molar-refractivity contribution in [1.29, 1.82) is 0 Å². The van der Waals surface area contributed by atoms with E-state index < -0.39 is 4.92 Å². The second-order valence-corrected chi connectivity index (χ2v) is 4.81. The first-order valence-corrected chi connectivity index (χ1v) is 6.02. The van der Waals surface area contributed by atoms with Crippen molar-refractivity contribution >= 4 is 29.1 Å². The van der Waals surface area contributed by atoms with Crippen LogP contribution in [-0.4, -0.2) is 15.0 Å². The lowest BCUT2D eigenvalue weighted by molar-refractivity contribution is -0.385. The summed E-state index contributed by atoms with van der Waals surface area (Å²) in [5.41, 5.74) is -0.153. The van der Waals surface area contributed by atoms with Gasteiger partial charge in [0.05, 0.1) is 9.95 Å². The summed E-state index contributed by atoms with van der Waals surface area (Å²) in [7, 11) is 0. The van der Waals surface area contributed by atoms with E-state index in [4.69, 9.17) is 11.6 Å². The molecule has 0 spiro atoms. The fourth-order valence-corrected chi connectivity index (χ4v) is 2.34. The molecule has 92 valence electrons. The van der Waals surface area contributed by atoms with Crippen molar-refractivity contribution in [3.63, 3.8) is 0 Å². The van der Waals surface area contributed by atoms with Crippen molar-refractivity contribution in [2.24, 2.45) is 0 Å². The summed E-state index contributed by atoms with van der Waals surface area (Å²) < 4.78 is 0. The van der Waals surface area contributed by atoms with Crippen molar-refractivity contribution in [3.05, 3.63) is 51.7 Å². The van der Waals surface area contributed by atoms with Crippen LogP contribution in [0.3, 0.4) is 0 Å². The highest BCUT2D eigenvalue weighted by Gasteiger charge is 2.12. The van der Waals surface area contributed by atoms with Gasteiger partial charge in [-0.1, -0.05) is 29.4 Å². The normalized spacial score (nSPS) is 10.3. The molecule has 0 aliphatic carbocycles. The van der Waals surface area contributed by atoms with Gasteiger partial charge in [0.1, 0.15) is 17.0 Å². The summed E-state index contributed by atoms with van der Waals surface area (Å²) in [5.74, 6) is 0.137. The predicted molar refractivity (Wildman–Crippen MR) is 68.1 cm³/mol. The highest BCUT2D eigenvalue weighted by atomic mass is 35.5. The Balaban J connectivity index is 2.27. The van der Waals surface area contributed by atoms with Crippen molar-refractivity contribution < 1.29 is 10.0 Å². The van der Waals surface area contributed by atoms with Gasteiger partial charge in [-0.3, -0.25) is 10.1 Å². The Kier molecular flexibility index (Phi) is 3.69. The highest BCUT2D eigenvalue weighted by molar-refractivity contribution is 7.99. The molecule has 2 rings (SSSR count). The molecule has 0 fully saturated rings. The molecule has 7 heteroatoms. The zero-order valence-electron chi connectivity index (χ0n) is 8.91. The Hall–Kier alpha value is -1.79. The van der Waals surface area contributed by atoms with Crippen molar-refractivity contribution in [3.8, 4) is 5.75 Å². The lowest BCUT2D eigenvalue weighted by Crippen LogP contribution is -1.90. The second-order valence-electron chi connectivity index (χ2n) is 3.34. The summed E-state index contributed by atoms with van der Waals surface area (Å²) in [4.78, 5) is 14.7. The van der Waals surface area contributed by atoms with Crippen molar-refractivity contribution in [2.75, 3.05) is 0 Å². The lowest BCUT2D eigenvalue weighted by atomic mass is 10.3. The monoisotopic (exact) mass is 282 g/mol. The molecule has 1 aromatic heterocycles. The quantitative estimate of drug-likeness (QED) is 0.689. The molecule has 0 saturated carbocycles. The Labute approximate surface area is 112 Å². The molecular weight excluding hydrogens is 276 g/mol. The fraction of sp³-hybridized carbons (Fsp3) is 0. The van der Waals surface area contributed by atoms with Gasteiger partial charge in [0.25, 0.3) is 5.69 Å². The molecule has 0 radical (unpaired) electrons. The summed E-state index contributed by atoms with van der Waals surface area (Å²) >= 11 is 7.14. The van der Waals surface area contributed by atoms with Crippen molar-refractivity contribution in [2.45, 2.75) is 9.92 Å². The average molecular weight is 283 g/mol. The Morgan fingerprint density at radius 3 is 2.78 bits per heavy atom. The molecule has 1 heterocycles. The van der Waals surface area contributed by atoms with E-state index in [0.717, 1.165) is 11.1 Å². The molecule has 1 N–H and O–H groups in total. The molecule has 0 bridgehead atoms. The second kappa shape index (κ2) is 5.24. The van der Waals surface area contributed by atoms with Gasteiger partial charge in [0.2, 0.25) is 0 Å². The maximum absolute atomic E-state index is 10.5. The summed E-state index contributed by atoms with van der Waals surface area (Å²) in [6.45, 7) is 0. The molecule has 0 amide bonds. The van der Waals surface area contributed by atoms with Crippen LogP contribution in [0.5, 0.6) is 5.75 Å². The topological polar surface area (TPSA) is 76.3 Å². The summed E-state index contributed by atoms with van der Waals surface area (Å²) in [6, 6.07) is 7.83. The number of phenols is 1. The van der Waals surface area contributed by atoms with Crippen LogP contribution in [0.25, 0.3) is 0 Å². The van der Waals surface area contributed by atoms with Crippen LogP contribution in [0.1, 0.15) is 0 Å².